The van der Waals surface area contributed by atoms with Gasteiger partial charge in [-0.25, -0.2) is 4.99 Å². The van der Waals surface area contributed by atoms with Gasteiger partial charge in [-0.2, -0.15) is 13.2 Å². The Morgan fingerprint density at radius 3 is 2.45 bits per heavy atom. The molecule has 7 heteroatoms. The molecular weight excluding hydrogens is 297 g/mol. The van der Waals surface area contributed by atoms with Gasteiger partial charge in [0.1, 0.15) is 13.2 Å². The third-order valence-electron chi connectivity index (χ3n) is 3.41. The Labute approximate surface area is 125 Å². The minimum Gasteiger partial charge on any atom is -0.477 e. The van der Waals surface area contributed by atoms with Crippen LogP contribution in [0.1, 0.15) is 11.1 Å². The van der Waals surface area contributed by atoms with E-state index in [0.717, 1.165) is 23.3 Å². The van der Waals surface area contributed by atoms with Crippen molar-refractivity contribution in [2.24, 2.45) is 4.99 Å². The normalized spacial score (nSPS) is 20.0. The molecule has 0 unspecified atom stereocenters. The van der Waals surface area contributed by atoms with E-state index >= 15 is 0 Å². The van der Waals surface area contributed by atoms with E-state index in [2.05, 4.69) is 10.3 Å². The monoisotopic (exact) mass is 312 g/mol. The van der Waals surface area contributed by atoms with Crippen molar-refractivity contribution in [1.82, 2.24) is 5.32 Å². The van der Waals surface area contributed by atoms with E-state index in [1.807, 2.05) is 0 Å². The van der Waals surface area contributed by atoms with Gasteiger partial charge in [0.05, 0.1) is 24.2 Å². The fourth-order valence-corrected chi connectivity index (χ4v) is 2.35. The summed E-state index contributed by atoms with van der Waals surface area (Å²) in [4.78, 5) is 4.27. The van der Waals surface area contributed by atoms with Crippen LogP contribution in [0.3, 0.4) is 0 Å². The Morgan fingerprint density at radius 2 is 1.91 bits per heavy atom. The molecule has 22 heavy (non-hydrogen) atoms. The predicted octanol–water partition coefficient (Wildman–Crippen LogP) is 2.51. The highest BCUT2D eigenvalue weighted by Gasteiger charge is 2.30. The lowest BCUT2D eigenvalue weighted by Crippen LogP contribution is -2.16. The van der Waals surface area contributed by atoms with Crippen LogP contribution < -0.4 is 5.32 Å². The molecule has 0 spiro atoms. The third kappa shape index (κ3) is 3.18. The van der Waals surface area contributed by atoms with Crippen molar-refractivity contribution in [3.05, 3.63) is 46.8 Å². The Kier molecular flexibility index (Phi) is 3.96. The molecule has 3 rings (SSSR count). The van der Waals surface area contributed by atoms with Crippen LogP contribution in [-0.4, -0.2) is 32.2 Å². The van der Waals surface area contributed by atoms with Gasteiger partial charge in [-0.05, 0) is 17.7 Å². The van der Waals surface area contributed by atoms with E-state index in [1.165, 1.54) is 12.1 Å². The number of rotatable bonds is 3. The average molecular weight is 312 g/mol. The zero-order valence-electron chi connectivity index (χ0n) is 11.7. The van der Waals surface area contributed by atoms with Crippen molar-refractivity contribution >= 4 is 5.90 Å². The number of aliphatic imine (C=N–C) groups is 1. The molecule has 0 radical (unpaired) electrons. The van der Waals surface area contributed by atoms with Gasteiger partial charge in [0.15, 0.2) is 5.88 Å². The summed E-state index contributed by atoms with van der Waals surface area (Å²) in [5, 5.41) is 3.11. The molecule has 2 aliphatic rings. The molecular formula is C15H15F3N2O2. The molecule has 1 saturated heterocycles. The lowest BCUT2D eigenvalue weighted by atomic mass is 10.0. The molecule has 0 aliphatic carbocycles. The molecule has 1 aromatic carbocycles. The minimum atomic E-state index is -4.32. The Hall–Kier alpha value is -2.18. The zero-order valence-corrected chi connectivity index (χ0v) is 11.7. The largest absolute Gasteiger partial charge is 0.477 e. The van der Waals surface area contributed by atoms with Crippen molar-refractivity contribution in [3.8, 4) is 0 Å². The molecule has 0 amide bonds. The highest BCUT2D eigenvalue weighted by atomic mass is 19.4. The van der Waals surface area contributed by atoms with Gasteiger partial charge in [0.25, 0.3) is 0 Å². The van der Waals surface area contributed by atoms with E-state index < -0.39 is 11.7 Å². The maximum atomic E-state index is 12.6. The Bertz CT molecular complexity index is 598. The fraction of sp³-hybridized carbons (Fsp3) is 0.400. The zero-order chi connectivity index (χ0) is 15.6. The van der Waals surface area contributed by atoms with Crippen molar-refractivity contribution in [2.45, 2.75) is 12.6 Å². The number of alkyl halides is 3. The van der Waals surface area contributed by atoms with Crippen LogP contribution in [0.2, 0.25) is 0 Å². The highest BCUT2D eigenvalue weighted by molar-refractivity contribution is 5.95. The minimum absolute atomic E-state index is 0.402. The number of hydrogen-bond donors (Lipinski definition) is 1. The Balaban J connectivity index is 1.83. The molecule has 2 aliphatic heterocycles. The first-order valence-electron chi connectivity index (χ1n) is 6.97. The van der Waals surface area contributed by atoms with E-state index in [1.54, 1.807) is 0 Å². The number of hydrogen-bond acceptors (Lipinski definition) is 4. The van der Waals surface area contributed by atoms with E-state index in [4.69, 9.17) is 9.47 Å². The van der Waals surface area contributed by atoms with E-state index in [9.17, 15) is 13.2 Å². The van der Waals surface area contributed by atoms with Gasteiger partial charge >= 0.3 is 6.18 Å². The van der Waals surface area contributed by atoms with Gasteiger partial charge < -0.3 is 14.8 Å². The second-order valence-electron chi connectivity index (χ2n) is 4.99. The van der Waals surface area contributed by atoms with E-state index in [-0.39, 0.29) is 0 Å². The van der Waals surface area contributed by atoms with Crippen molar-refractivity contribution in [3.63, 3.8) is 0 Å². The lowest BCUT2D eigenvalue weighted by molar-refractivity contribution is -0.137. The molecule has 118 valence electrons. The molecule has 0 bridgehead atoms. The summed E-state index contributed by atoms with van der Waals surface area (Å²) in [5.41, 5.74) is 0.830. The van der Waals surface area contributed by atoms with Gasteiger partial charge in [0.2, 0.25) is 5.90 Å². The lowest BCUT2D eigenvalue weighted by Gasteiger charge is -2.12. The van der Waals surface area contributed by atoms with Crippen LogP contribution >= 0.6 is 0 Å². The summed E-state index contributed by atoms with van der Waals surface area (Å²) in [7, 11) is 0. The number of nitrogens with zero attached hydrogens (tertiary/aromatic N) is 1. The molecule has 1 fully saturated rings. The molecule has 0 atom stereocenters. The number of nitrogens with one attached hydrogen (secondary N) is 1. The second kappa shape index (κ2) is 5.90. The SMILES string of the molecule is FC(F)(F)c1ccc(C/C(C2=NCCO2)=C2/NCCO2)cc1. The highest BCUT2D eigenvalue weighted by Crippen LogP contribution is 2.29. The summed E-state index contributed by atoms with van der Waals surface area (Å²) in [6.07, 6.45) is -3.92. The summed E-state index contributed by atoms with van der Waals surface area (Å²) in [6, 6.07) is 5.09. The first-order chi connectivity index (χ1) is 10.5. The first-order valence-corrected chi connectivity index (χ1v) is 6.97. The van der Waals surface area contributed by atoms with Crippen LogP contribution in [0.15, 0.2) is 40.7 Å². The third-order valence-corrected chi connectivity index (χ3v) is 3.41. The Morgan fingerprint density at radius 1 is 1.14 bits per heavy atom. The van der Waals surface area contributed by atoms with Gasteiger partial charge in [0, 0.05) is 6.42 Å². The summed E-state index contributed by atoms with van der Waals surface area (Å²) >= 11 is 0. The van der Waals surface area contributed by atoms with Crippen molar-refractivity contribution in [2.75, 3.05) is 26.3 Å². The topological polar surface area (TPSA) is 42.8 Å². The summed E-state index contributed by atoms with van der Waals surface area (Å²) in [5.74, 6) is 1.10. The van der Waals surface area contributed by atoms with Crippen LogP contribution in [0.5, 0.6) is 0 Å². The predicted molar refractivity (Wildman–Crippen MR) is 74.4 cm³/mol. The van der Waals surface area contributed by atoms with Crippen molar-refractivity contribution in [1.29, 1.82) is 0 Å². The smallest absolute Gasteiger partial charge is 0.416 e. The fourth-order valence-electron chi connectivity index (χ4n) is 2.35. The molecule has 0 aromatic heterocycles. The summed E-state index contributed by atoms with van der Waals surface area (Å²) < 4.78 is 48.8. The number of benzene rings is 1. The molecule has 1 aromatic rings. The summed E-state index contributed by atoms with van der Waals surface area (Å²) in [6.45, 7) is 2.34. The van der Waals surface area contributed by atoms with Crippen LogP contribution in [0.4, 0.5) is 13.2 Å². The van der Waals surface area contributed by atoms with E-state index in [0.29, 0.717) is 44.5 Å². The van der Waals surface area contributed by atoms with Crippen molar-refractivity contribution < 1.29 is 22.6 Å². The molecule has 4 nitrogen and oxygen atoms in total. The average Bonchev–Trinajstić information content (AvgIpc) is 3.18. The first kappa shape index (κ1) is 14.7. The maximum absolute atomic E-state index is 12.6. The van der Waals surface area contributed by atoms with Crippen LogP contribution in [-0.2, 0) is 22.1 Å². The number of halogens is 3. The van der Waals surface area contributed by atoms with Gasteiger partial charge in [-0.15, -0.1) is 0 Å². The van der Waals surface area contributed by atoms with Gasteiger partial charge in [-0.3, -0.25) is 0 Å². The molecule has 2 heterocycles. The maximum Gasteiger partial charge on any atom is 0.416 e. The molecule has 0 saturated carbocycles. The second-order valence-corrected chi connectivity index (χ2v) is 4.99. The van der Waals surface area contributed by atoms with Crippen LogP contribution in [0.25, 0.3) is 0 Å². The standard InChI is InChI=1S/C15H15F3N2O2/c16-15(17,18)11-3-1-10(2-4-11)9-12(13-19-5-7-21-13)14-20-6-8-22-14/h1-4,19H,5-9H2/b13-12+. The van der Waals surface area contributed by atoms with Gasteiger partial charge in [-0.1, -0.05) is 12.1 Å². The quantitative estimate of drug-likeness (QED) is 0.932. The van der Waals surface area contributed by atoms with Crippen LogP contribution in [0, 0.1) is 0 Å². The molecule has 1 N–H and O–H groups in total. The number of ether oxygens (including phenoxy) is 2.